The van der Waals surface area contributed by atoms with Gasteiger partial charge in [-0.05, 0) is 69.0 Å². The van der Waals surface area contributed by atoms with Crippen LogP contribution in [0.15, 0.2) is 60.8 Å². The van der Waals surface area contributed by atoms with Gasteiger partial charge in [0, 0.05) is 24.0 Å². The normalized spacial score (nSPS) is 22.8. The van der Waals surface area contributed by atoms with Crippen molar-refractivity contribution in [2.45, 2.75) is 57.6 Å². The molecular formula is C28H25ClFN5O2. The number of hydrogen-bond donors (Lipinski definition) is 0. The third kappa shape index (κ3) is 3.66. The Morgan fingerprint density at radius 3 is 2.78 bits per heavy atom. The second-order valence-electron chi connectivity index (χ2n) is 10.3. The highest BCUT2D eigenvalue weighted by Gasteiger charge is 2.50. The Balaban J connectivity index is 1.23. The third-order valence-electron chi connectivity index (χ3n) is 7.41. The van der Waals surface area contributed by atoms with Crippen LogP contribution in [0.3, 0.4) is 0 Å². The number of halogens is 2. The number of ether oxygens (including phenoxy) is 2. The van der Waals surface area contributed by atoms with Gasteiger partial charge in [0.25, 0.3) is 0 Å². The summed E-state index contributed by atoms with van der Waals surface area (Å²) in [7, 11) is 0. The lowest BCUT2D eigenvalue weighted by Gasteiger charge is -2.22. The zero-order valence-electron chi connectivity index (χ0n) is 20.7. The van der Waals surface area contributed by atoms with E-state index < -0.39 is 5.79 Å². The molecule has 7 rings (SSSR count). The monoisotopic (exact) mass is 517 g/mol. The molecule has 0 bridgehead atoms. The Labute approximate surface area is 217 Å². The van der Waals surface area contributed by atoms with E-state index in [2.05, 4.69) is 20.6 Å². The first kappa shape index (κ1) is 22.8. The van der Waals surface area contributed by atoms with Gasteiger partial charge in [0.15, 0.2) is 5.79 Å². The molecule has 1 aromatic carbocycles. The Morgan fingerprint density at radius 1 is 1.05 bits per heavy atom. The number of nitrogens with zero attached hydrogens (tertiary/aromatic N) is 5. The molecule has 5 heterocycles. The average Bonchev–Trinajstić information content (AvgIpc) is 3.61. The van der Waals surface area contributed by atoms with Gasteiger partial charge in [0.05, 0.1) is 27.7 Å². The van der Waals surface area contributed by atoms with E-state index >= 15 is 0 Å². The summed E-state index contributed by atoms with van der Waals surface area (Å²) in [5.41, 5.74) is 5.05. The average molecular weight is 518 g/mol. The van der Waals surface area contributed by atoms with Crippen molar-refractivity contribution in [1.29, 1.82) is 0 Å². The molecule has 1 saturated heterocycles. The smallest absolute Gasteiger partial charge is 0.164 e. The van der Waals surface area contributed by atoms with Gasteiger partial charge in [0.1, 0.15) is 35.6 Å². The molecule has 188 valence electrons. The number of aryl methyl sites for hydroxylation is 2. The molecule has 1 aliphatic carbocycles. The van der Waals surface area contributed by atoms with Crippen LogP contribution in [0.5, 0.6) is 0 Å². The summed E-state index contributed by atoms with van der Waals surface area (Å²) in [6.07, 6.45) is 10.7. The van der Waals surface area contributed by atoms with E-state index in [1.165, 1.54) is 0 Å². The zero-order chi connectivity index (χ0) is 25.5. The molecule has 0 unspecified atom stereocenters. The van der Waals surface area contributed by atoms with Crippen molar-refractivity contribution in [2.75, 3.05) is 0 Å². The fourth-order valence-electron chi connectivity index (χ4n) is 5.71. The van der Waals surface area contributed by atoms with Crippen LogP contribution in [0.2, 0.25) is 5.02 Å². The summed E-state index contributed by atoms with van der Waals surface area (Å²) in [6, 6.07) is 7.14. The van der Waals surface area contributed by atoms with Crippen molar-refractivity contribution in [3.63, 3.8) is 0 Å². The Bertz CT molecular complexity index is 1740. The molecule has 0 N–H and O–H groups in total. The molecular weight excluding hydrogens is 493 g/mol. The molecule has 1 fully saturated rings. The van der Waals surface area contributed by atoms with Gasteiger partial charge in [0.2, 0.25) is 0 Å². The maximum absolute atomic E-state index is 14.9. The minimum Gasteiger partial charge on any atom is -0.342 e. The number of imidazole rings is 1. The molecule has 2 aliphatic rings. The van der Waals surface area contributed by atoms with Gasteiger partial charge in [-0.15, -0.1) is 0 Å². The maximum atomic E-state index is 14.9. The Hall–Kier alpha value is -3.33. The van der Waals surface area contributed by atoms with Crippen LogP contribution in [0, 0.1) is 12.7 Å². The molecule has 4 aromatic heterocycles. The second kappa shape index (κ2) is 8.08. The summed E-state index contributed by atoms with van der Waals surface area (Å²) >= 11 is 6.16. The highest BCUT2D eigenvalue weighted by molar-refractivity contribution is 6.31. The first-order chi connectivity index (χ1) is 17.8. The van der Waals surface area contributed by atoms with Crippen LogP contribution in [0.4, 0.5) is 4.39 Å². The summed E-state index contributed by atoms with van der Waals surface area (Å²) in [6.45, 7) is 5.71. The van der Waals surface area contributed by atoms with Crippen molar-refractivity contribution >= 4 is 39.2 Å². The number of pyridine rings is 1. The van der Waals surface area contributed by atoms with Crippen LogP contribution in [0.25, 0.3) is 27.6 Å². The quantitative estimate of drug-likeness (QED) is 0.275. The minimum absolute atomic E-state index is 0.0796. The standard InChI is InChI=1S/C28H25ClFN5O2/c1-15-20(29)13-19-21(30)10-16(11-22(19)33-15)4-5-17-12-23(25-24(17)36-28(2,3)37-25)35-8-6-18-26-31-7-9-34(26)14-32-27(18)35/h6-14,23-25H,4-5H2,1-3H3/t23-,24-,25+/m1/s1. The lowest BCUT2D eigenvalue weighted by Crippen LogP contribution is -2.27. The fraction of sp³-hybridized carbons (Fsp3) is 0.321. The van der Waals surface area contributed by atoms with Crippen LogP contribution in [-0.4, -0.2) is 41.9 Å². The minimum atomic E-state index is -0.699. The lowest BCUT2D eigenvalue weighted by molar-refractivity contribution is -0.147. The SMILES string of the molecule is Cc1nc2cc(CCC3=C[C@@H](n4ccc5c4ncn4ccnc54)[C@@H]4OC(C)(C)O[C@H]34)cc(F)c2cc1Cl. The van der Waals surface area contributed by atoms with E-state index in [1.807, 2.05) is 49.7 Å². The Kier molecular flexibility index (Phi) is 4.99. The van der Waals surface area contributed by atoms with Gasteiger partial charge >= 0.3 is 0 Å². The summed E-state index contributed by atoms with van der Waals surface area (Å²) in [5.74, 6) is -1.01. The molecule has 9 heteroatoms. The Morgan fingerprint density at radius 2 is 1.92 bits per heavy atom. The predicted octanol–water partition coefficient (Wildman–Crippen LogP) is 5.97. The highest BCUT2D eigenvalue weighted by Crippen LogP contribution is 2.45. The number of rotatable bonds is 4. The fourth-order valence-corrected chi connectivity index (χ4v) is 5.86. The largest absolute Gasteiger partial charge is 0.342 e. The number of aromatic nitrogens is 5. The summed E-state index contributed by atoms with van der Waals surface area (Å²) < 4.78 is 31.7. The molecule has 5 aromatic rings. The third-order valence-corrected chi connectivity index (χ3v) is 7.80. The van der Waals surface area contributed by atoms with Crippen molar-refractivity contribution in [1.82, 2.24) is 23.9 Å². The molecule has 0 spiro atoms. The summed E-state index contributed by atoms with van der Waals surface area (Å²) in [4.78, 5) is 13.7. The number of benzene rings is 1. The van der Waals surface area contributed by atoms with Crippen LogP contribution in [-0.2, 0) is 15.9 Å². The molecule has 0 saturated carbocycles. The zero-order valence-corrected chi connectivity index (χ0v) is 21.4. The summed E-state index contributed by atoms with van der Waals surface area (Å²) in [5, 5.41) is 1.89. The van der Waals surface area contributed by atoms with E-state index in [-0.39, 0.29) is 24.1 Å². The van der Waals surface area contributed by atoms with Crippen LogP contribution >= 0.6 is 11.6 Å². The first-order valence-electron chi connectivity index (χ1n) is 12.4. The first-order valence-corrected chi connectivity index (χ1v) is 12.7. The molecule has 3 atom stereocenters. The molecule has 1 aliphatic heterocycles. The van der Waals surface area contributed by atoms with Gasteiger partial charge < -0.3 is 14.0 Å². The van der Waals surface area contributed by atoms with Crippen molar-refractivity contribution < 1.29 is 13.9 Å². The highest BCUT2D eigenvalue weighted by atomic mass is 35.5. The molecule has 7 nitrogen and oxygen atoms in total. The molecule has 0 amide bonds. The number of hydrogen-bond acceptors (Lipinski definition) is 5. The second-order valence-corrected chi connectivity index (χ2v) is 10.7. The van der Waals surface area contributed by atoms with E-state index in [9.17, 15) is 4.39 Å². The van der Waals surface area contributed by atoms with Gasteiger partial charge in [-0.2, -0.15) is 0 Å². The van der Waals surface area contributed by atoms with Crippen molar-refractivity contribution in [3.8, 4) is 0 Å². The van der Waals surface area contributed by atoms with Gasteiger partial charge in [-0.3, -0.25) is 9.38 Å². The van der Waals surface area contributed by atoms with Crippen molar-refractivity contribution in [2.24, 2.45) is 0 Å². The van der Waals surface area contributed by atoms with Crippen LogP contribution in [0.1, 0.15) is 37.6 Å². The predicted molar refractivity (Wildman–Crippen MR) is 139 cm³/mol. The molecule has 0 radical (unpaired) electrons. The van der Waals surface area contributed by atoms with Gasteiger partial charge in [-0.1, -0.05) is 17.7 Å². The van der Waals surface area contributed by atoms with E-state index in [0.29, 0.717) is 34.5 Å². The molecule has 37 heavy (non-hydrogen) atoms. The van der Waals surface area contributed by atoms with Crippen molar-refractivity contribution in [3.05, 3.63) is 82.9 Å². The lowest BCUT2D eigenvalue weighted by atomic mass is 10.0. The van der Waals surface area contributed by atoms with E-state index in [0.717, 1.165) is 27.8 Å². The van der Waals surface area contributed by atoms with Crippen LogP contribution < -0.4 is 0 Å². The maximum Gasteiger partial charge on any atom is 0.164 e. The number of fused-ring (bicyclic) bond motifs is 5. The van der Waals surface area contributed by atoms with E-state index in [4.69, 9.17) is 26.1 Å². The van der Waals surface area contributed by atoms with E-state index in [1.54, 1.807) is 24.7 Å². The van der Waals surface area contributed by atoms with Gasteiger partial charge in [-0.25, -0.2) is 14.4 Å². The topological polar surface area (TPSA) is 66.5 Å².